The number of hydrogen-bond donors (Lipinski definition) is 0. The summed E-state index contributed by atoms with van der Waals surface area (Å²) in [5, 5.41) is 3.61. The van der Waals surface area contributed by atoms with Crippen LogP contribution in [0.15, 0.2) is 113 Å². The van der Waals surface area contributed by atoms with Crippen molar-refractivity contribution in [1.29, 1.82) is 0 Å². The molecule has 3 aromatic rings. The molecule has 2 nitrogen and oxygen atoms in total. The summed E-state index contributed by atoms with van der Waals surface area (Å²) < 4.78 is 2.66. The molecule has 3 heteroatoms. The molecule has 248 valence electrons. The third-order valence-electron chi connectivity index (χ3n) is 11.4. The summed E-state index contributed by atoms with van der Waals surface area (Å²) in [4.78, 5) is 2.58. The zero-order valence-electron chi connectivity index (χ0n) is 29.9. The number of anilines is 1. The summed E-state index contributed by atoms with van der Waals surface area (Å²) in [6.07, 6.45) is 18.4. The van der Waals surface area contributed by atoms with Gasteiger partial charge in [-0.3, -0.25) is 0 Å². The van der Waals surface area contributed by atoms with E-state index in [1.807, 2.05) is 0 Å². The minimum absolute atomic E-state index is 0.0555. The highest BCUT2D eigenvalue weighted by atomic mass is 35.5. The lowest BCUT2D eigenvalue weighted by atomic mass is 9.73. The molecule has 0 radical (unpaired) electrons. The maximum absolute atomic E-state index is 7.24. The van der Waals surface area contributed by atoms with Gasteiger partial charge in [-0.05, 0) is 90.3 Å². The number of unbranched alkanes of at least 4 members (excludes halogenated alkanes) is 2. The van der Waals surface area contributed by atoms with Gasteiger partial charge in [-0.1, -0.05) is 119 Å². The van der Waals surface area contributed by atoms with E-state index in [1.54, 1.807) is 0 Å². The molecule has 2 aliphatic carbocycles. The van der Waals surface area contributed by atoms with Crippen LogP contribution < -0.4 is 4.90 Å². The Kier molecular flexibility index (Phi) is 8.92. The molecular formula is C45H52ClN2+. The molecule has 0 spiro atoms. The molecule has 4 aliphatic rings. The average molecular weight is 656 g/mol. The predicted molar refractivity (Wildman–Crippen MR) is 207 cm³/mol. The Morgan fingerprint density at radius 2 is 1.56 bits per heavy atom. The Labute approximate surface area is 293 Å². The Hall–Kier alpha value is -3.62. The van der Waals surface area contributed by atoms with Crippen LogP contribution in [0.5, 0.6) is 0 Å². The van der Waals surface area contributed by atoms with Gasteiger partial charge in [0.15, 0.2) is 11.4 Å². The van der Waals surface area contributed by atoms with Crippen molar-refractivity contribution in [3.05, 3.63) is 129 Å². The molecule has 2 heterocycles. The van der Waals surface area contributed by atoms with Crippen LogP contribution in [0.1, 0.15) is 103 Å². The first-order valence-corrected chi connectivity index (χ1v) is 18.8. The van der Waals surface area contributed by atoms with E-state index < -0.39 is 0 Å². The van der Waals surface area contributed by atoms with Crippen LogP contribution in [0, 0.1) is 5.41 Å². The highest BCUT2D eigenvalue weighted by Gasteiger charge is 2.48. The van der Waals surface area contributed by atoms with Crippen LogP contribution in [0.3, 0.4) is 0 Å². The Morgan fingerprint density at radius 1 is 0.792 bits per heavy atom. The van der Waals surface area contributed by atoms with E-state index in [0.717, 1.165) is 43.8 Å². The number of aryl methyl sites for hydroxylation is 1. The number of halogens is 1. The van der Waals surface area contributed by atoms with E-state index in [-0.39, 0.29) is 10.8 Å². The number of hydrogen-bond acceptors (Lipinski definition) is 1. The summed E-state index contributed by atoms with van der Waals surface area (Å²) >= 11 is 7.24. The monoisotopic (exact) mass is 655 g/mol. The lowest BCUT2D eigenvalue weighted by Gasteiger charge is -2.27. The van der Waals surface area contributed by atoms with Gasteiger partial charge in [0, 0.05) is 52.9 Å². The minimum atomic E-state index is -0.101. The van der Waals surface area contributed by atoms with E-state index in [4.69, 9.17) is 11.6 Å². The van der Waals surface area contributed by atoms with Gasteiger partial charge in [-0.25, -0.2) is 0 Å². The molecule has 7 rings (SSSR count). The van der Waals surface area contributed by atoms with Gasteiger partial charge in [-0.15, -0.1) is 0 Å². The lowest BCUT2D eigenvalue weighted by Crippen LogP contribution is -2.27. The first-order valence-electron chi connectivity index (χ1n) is 18.4. The Bertz CT molecular complexity index is 1960. The summed E-state index contributed by atoms with van der Waals surface area (Å²) in [5.74, 6) is 0. The van der Waals surface area contributed by atoms with Crippen LogP contribution in [0.2, 0.25) is 0 Å². The second kappa shape index (κ2) is 13.0. The van der Waals surface area contributed by atoms with E-state index in [1.165, 1.54) is 92.7 Å². The fourth-order valence-electron chi connectivity index (χ4n) is 8.92. The molecule has 0 atom stereocenters. The first kappa shape index (κ1) is 32.9. The standard InChI is InChI=1S/C45H52ClN2/c1-7-9-29-47-37-25-21-31-15-11-13-17-35(31)41(37)44(3,4)39(47)27-23-33-19-20-34(43(33)46)24-28-40-45(5,6)42-36-18-14-12-16-32(36)22-26-38(42)48(40)30-10-8-2/h11-18,21,23-25,27-28H,7-10,19-20,22,26,29-30H2,1-6H3/q+1. The molecular weight excluding hydrogens is 604 g/mol. The molecule has 0 saturated heterocycles. The summed E-state index contributed by atoms with van der Waals surface area (Å²) in [6, 6.07) is 22.5. The van der Waals surface area contributed by atoms with Crippen molar-refractivity contribution in [2.75, 3.05) is 18.0 Å². The van der Waals surface area contributed by atoms with Gasteiger partial charge in [0.1, 0.15) is 6.54 Å². The summed E-state index contributed by atoms with van der Waals surface area (Å²) in [5.41, 5.74) is 13.9. The molecule has 0 fully saturated rings. The average Bonchev–Trinajstić information content (AvgIpc) is 3.63. The number of nitrogens with zero attached hydrogens (tertiary/aromatic N) is 2. The van der Waals surface area contributed by atoms with Gasteiger partial charge in [0.25, 0.3) is 0 Å². The zero-order chi connectivity index (χ0) is 33.6. The molecule has 2 aliphatic heterocycles. The van der Waals surface area contributed by atoms with Gasteiger partial charge < -0.3 is 4.90 Å². The number of allylic oxidation sites excluding steroid dienone is 10. The van der Waals surface area contributed by atoms with Gasteiger partial charge >= 0.3 is 0 Å². The zero-order valence-corrected chi connectivity index (χ0v) is 30.7. The first-order chi connectivity index (χ1) is 23.2. The fourth-order valence-corrected chi connectivity index (χ4v) is 9.24. The third-order valence-corrected chi connectivity index (χ3v) is 11.9. The smallest absolute Gasteiger partial charge is 0.191 e. The van der Waals surface area contributed by atoms with Crippen LogP contribution in [-0.2, 0) is 11.8 Å². The topological polar surface area (TPSA) is 6.25 Å². The minimum Gasteiger partial charge on any atom is -0.344 e. The fraction of sp³-hybridized carbons (Fsp3) is 0.400. The largest absolute Gasteiger partial charge is 0.344 e. The van der Waals surface area contributed by atoms with Crippen molar-refractivity contribution in [2.45, 2.75) is 98.3 Å². The molecule has 0 amide bonds. The van der Waals surface area contributed by atoms with Crippen molar-refractivity contribution < 1.29 is 4.58 Å². The third kappa shape index (κ3) is 5.45. The van der Waals surface area contributed by atoms with E-state index in [0.29, 0.717) is 0 Å². The summed E-state index contributed by atoms with van der Waals surface area (Å²) in [6.45, 7) is 16.3. The van der Waals surface area contributed by atoms with Crippen molar-refractivity contribution >= 4 is 39.3 Å². The number of benzene rings is 3. The second-order valence-electron chi connectivity index (χ2n) is 15.2. The van der Waals surface area contributed by atoms with Crippen LogP contribution in [0.25, 0.3) is 16.3 Å². The van der Waals surface area contributed by atoms with Crippen molar-refractivity contribution in [3.63, 3.8) is 0 Å². The van der Waals surface area contributed by atoms with E-state index in [2.05, 4.69) is 136 Å². The SMILES string of the molecule is CCCCN1/C(=C/C=C2\CCC(/C=C/C3=[N+](CCCC)C4=C(c5ccccc5CC4)C3(C)C)=C2Cl)C(C)(C)c2c1ccc1ccccc21. The number of rotatable bonds is 9. The van der Waals surface area contributed by atoms with Crippen LogP contribution in [0.4, 0.5) is 5.69 Å². The van der Waals surface area contributed by atoms with E-state index in [9.17, 15) is 0 Å². The maximum atomic E-state index is 7.24. The molecule has 3 aromatic carbocycles. The van der Waals surface area contributed by atoms with Crippen molar-refractivity contribution in [2.24, 2.45) is 5.41 Å². The van der Waals surface area contributed by atoms with Gasteiger partial charge in [0.2, 0.25) is 0 Å². The highest BCUT2D eigenvalue weighted by Crippen LogP contribution is 2.52. The molecule has 48 heavy (non-hydrogen) atoms. The van der Waals surface area contributed by atoms with E-state index >= 15 is 0 Å². The quantitative estimate of drug-likeness (QED) is 0.208. The van der Waals surface area contributed by atoms with Crippen molar-refractivity contribution in [3.8, 4) is 0 Å². The Morgan fingerprint density at radius 3 is 2.38 bits per heavy atom. The molecule has 0 saturated carbocycles. The normalized spacial score (nSPS) is 21.4. The van der Waals surface area contributed by atoms with Gasteiger partial charge in [0.05, 0.1) is 5.41 Å². The molecule has 0 unspecified atom stereocenters. The summed E-state index contributed by atoms with van der Waals surface area (Å²) in [7, 11) is 0. The predicted octanol–water partition coefficient (Wildman–Crippen LogP) is 12.0. The molecule has 0 N–H and O–H groups in total. The Balaban J connectivity index is 1.22. The second-order valence-corrected chi connectivity index (χ2v) is 15.6. The number of fused-ring (bicyclic) bond motifs is 5. The van der Waals surface area contributed by atoms with Gasteiger partial charge in [-0.2, -0.15) is 4.58 Å². The molecule has 0 bridgehead atoms. The van der Waals surface area contributed by atoms with Crippen LogP contribution >= 0.6 is 11.6 Å². The molecule has 0 aromatic heterocycles. The highest BCUT2D eigenvalue weighted by molar-refractivity contribution is 6.33. The van der Waals surface area contributed by atoms with Crippen molar-refractivity contribution in [1.82, 2.24) is 0 Å². The lowest BCUT2D eigenvalue weighted by molar-refractivity contribution is -0.477. The van der Waals surface area contributed by atoms with Crippen LogP contribution in [-0.4, -0.2) is 23.4 Å². The maximum Gasteiger partial charge on any atom is 0.191 e.